The van der Waals surface area contributed by atoms with Gasteiger partial charge < -0.3 is 19.3 Å². The van der Waals surface area contributed by atoms with Crippen LogP contribution in [-0.2, 0) is 18.9 Å². The van der Waals surface area contributed by atoms with Crippen LogP contribution < -0.4 is 0 Å². The first kappa shape index (κ1) is 21.2. The number of carboxylic acid groups (broad SMARTS) is 1. The Balaban J connectivity index is 2.13. The Labute approximate surface area is 161 Å². The summed E-state index contributed by atoms with van der Waals surface area (Å²) < 4.78 is 11.2. The summed E-state index contributed by atoms with van der Waals surface area (Å²) in [6.45, 7) is 9.18. The molecule has 0 saturated carbocycles. The maximum absolute atomic E-state index is 13.0. The van der Waals surface area contributed by atoms with Crippen LogP contribution in [0.15, 0.2) is 36.3 Å². The summed E-state index contributed by atoms with van der Waals surface area (Å²) in [6, 6.07) is 9.54. The van der Waals surface area contributed by atoms with E-state index in [4.69, 9.17) is 9.31 Å². The number of rotatable bonds is 8. The molecule has 1 aromatic carbocycles. The van der Waals surface area contributed by atoms with Crippen LogP contribution in [0.1, 0.15) is 33.3 Å². The molecule has 1 aliphatic heterocycles. The minimum absolute atomic E-state index is 0.270. The molecule has 1 fully saturated rings. The molecule has 1 amide bonds. The number of aliphatic carboxylic acids is 1. The van der Waals surface area contributed by atoms with Gasteiger partial charge in [0.05, 0.1) is 0 Å². The van der Waals surface area contributed by atoms with Gasteiger partial charge in [-0.3, -0.25) is 4.79 Å². The lowest BCUT2D eigenvalue weighted by atomic mass is 9.89. The zero-order valence-electron chi connectivity index (χ0n) is 16.4. The molecule has 0 bridgehead atoms. The lowest BCUT2D eigenvalue weighted by Gasteiger charge is -2.29. The highest BCUT2D eigenvalue weighted by Gasteiger charge is 2.47. The van der Waals surface area contributed by atoms with Crippen LogP contribution in [0.4, 0.5) is 0 Å². The summed E-state index contributed by atoms with van der Waals surface area (Å²) in [4.78, 5) is 26.3. The Hall–Kier alpha value is -2.12. The Bertz CT molecular complexity index is 652. The van der Waals surface area contributed by atoms with Gasteiger partial charge in [-0.1, -0.05) is 70.1 Å². The number of benzene rings is 1. The number of nitrogens with zero attached hydrogens (tertiary/aromatic N) is 1. The summed E-state index contributed by atoms with van der Waals surface area (Å²) in [6.07, 6.45) is -0.675. The predicted octanol–water partition coefficient (Wildman–Crippen LogP) is 2.74. The van der Waals surface area contributed by atoms with E-state index in [1.165, 1.54) is 0 Å². The molecule has 27 heavy (non-hydrogen) atoms. The van der Waals surface area contributed by atoms with Gasteiger partial charge in [0.15, 0.2) is 12.2 Å². The number of hydrogen-bond acceptors (Lipinski definition) is 4. The fraction of sp³-hybridized carbons (Fsp3) is 0.500. The fourth-order valence-corrected chi connectivity index (χ4v) is 3.00. The average Bonchev–Trinajstić information content (AvgIpc) is 3.03. The number of carbonyl (C=O) groups excluding carboxylic acids is 1. The molecule has 1 heterocycles. The molecule has 0 unspecified atom stereocenters. The fourth-order valence-electron chi connectivity index (χ4n) is 3.00. The van der Waals surface area contributed by atoms with Gasteiger partial charge >= 0.3 is 13.1 Å². The van der Waals surface area contributed by atoms with Crippen LogP contribution in [0.5, 0.6) is 0 Å². The molecule has 0 spiro atoms. The molecule has 2 atom stereocenters. The third kappa shape index (κ3) is 6.22. The monoisotopic (exact) mass is 373 g/mol. The van der Waals surface area contributed by atoms with E-state index in [0.29, 0.717) is 13.1 Å². The van der Waals surface area contributed by atoms with Gasteiger partial charge in [-0.05, 0) is 17.4 Å². The molecule has 1 aliphatic rings. The lowest BCUT2D eigenvalue weighted by Crippen LogP contribution is -2.48. The van der Waals surface area contributed by atoms with E-state index < -0.39 is 25.3 Å². The Morgan fingerprint density at radius 2 is 1.63 bits per heavy atom. The predicted molar refractivity (Wildman–Crippen MR) is 105 cm³/mol. The molecular formula is C20H28BNO5. The van der Waals surface area contributed by atoms with E-state index in [2.05, 4.69) is 0 Å². The van der Waals surface area contributed by atoms with E-state index in [1.807, 2.05) is 58.0 Å². The van der Waals surface area contributed by atoms with Crippen molar-refractivity contribution < 1.29 is 24.0 Å². The number of carbonyl (C=O) groups is 2. The van der Waals surface area contributed by atoms with Crippen LogP contribution in [0, 0.1) is 11.8 Å². The third-order valence-electron chi connectivity index (χ3n) is 4.05. The van der Waals surface area contributed by atoms with E-state index >= 15 is 0 Å². The molecule has 0 aromatic heterocycles. The normalized spacial score (nSPS) is 20.0. The minimum atomic E-state index is -1.32. The zero-order valence-corrected chi connectivity index (χ0v) is 16.4. The van der Waals surface area contributed by atoms with Crippen molar-refractivity contribution in [2.45, 2.75) is 39.9 Å². The lowest BCUT2D eigenvalue weighted by molar-refractivity contribution is -0.153. The summed E-state index contributed by atoms with van der Waals surface area (Å²) in [7, 11) is -0.875. The van der Waals surface area contributed by atoms with Crippen LogP contribution in [0.3, 0.4) is 0 Å². The van der Waals surface area contributed by atoms with Gasteiger partial charge in [0.25, 0.3) is 5.91 Å². The van der Waals surface area contributed by atoms with Gasteiger partial charge in [-0.2, -0.15) is 0 Å². The van der Waals surface area contributed by atoms with Crippen LogP contribution >= 0.6 is 0 Å². The summed E-state index contributed by atoms with van der Waals surface area (Å²) in [5.41, 5.74) is 0.938. The van der Waals surface area contributed by atoms with Crippen molar-refractivity contribution in [1.29, 1.82) is 0 Å². The largest absolute Gasteiger partial charge is 0.487 e. The van der Waals surface area contributed by atoms with Crippen molar-refractivity contribution in [2.75, 3.05) is 13.1 Å². The SMILES string of the molecule is CC(C)CN(CC(C)C)C(=O)[C@@H]1OB(/C=C/c2ccccc2)O[C@H]1C(=O)O. The van der Waals surface area contributed by atoms with Gasteiger partial charge in [0.2, 0.25) is 0 Å². The molecule has 1 N–H and O–H groups in total. The molecule has 1 aromatic rings. The second kappa shape index (κ2) is 9.71. The third-order valence-corrected chi connectivity index (χ3v) is 4.05. The van der Waals surface area contributed by atoms with E-state index in [-0.39, 0.29) is 17.7 Å². The highest BCUT2D eigenvalue weighted by Crippen LogP contribution is 2.22. The van der Waals surface area contributed by atoms with Crippen molar-refractivity contribution in [2.24, 2.45) is 11.8 Å². The minimum Gasteiger partial charge on any atom is -0.479 e. The second-order valence-corrected chi connectivity index (χ2v) is 7.62. The number of amides is 1. The van der Waals surface area contributed by atoms with Crippen molar-refractivity contribution >= 4 is 25.1 Å². The van der Waals surface area contributed by atoms with Crippen LogP contribution in [0.2, 0.25) is 0 Å². The maximum atomic E-state index is 13.0. The van der Waals surface area contributed by atoms with Crippen molar-refractivity contribution in [1.82, 2.24) is 4.90 Å². The average molecular weight is 373 g/mol. The first-order valence-electron chi connectivity index (χ1n) is 9.33. The van der Waals surface area contributed by atoms with E-state index in [9.17, 15) is 14.7 Å². The number of hydrogen-bond donors (Lipinski definition) is 1. The van der Waals surface area contributed by atoms with Gasteiger partial charge in [0.1, 0.15) is 0 Å². The summed E-state index contributed by atoms with van der Waals surface area (Å²) in [5.74, 6) is 0.644. The van der Waals surface area contributed by atoms with Crippen LogP contribution in [-0.4, -0.2) is 54.3 Å². The Morgan fingerprint density at radius 3 is 2.15 bits per heavy atom. The molecule has 146 valence electrons. The first-order valence-corrected chi connectivity index (χ1v) is 9.33. The van der Waals surface area contributed by atoms with E-state index in [1.54, 1.807) is 17.0 Å². The van der Waals surface area contributed by atoms with Crippen molar-refractivity contribution in [3.05, 3.63) is 41.9 Å². The molecule has 7 heteroatoms. The topological polar surface area (TPSA) is 76.1 Å². The smallest absolute Gasteiger partial charge is 0.479 e. The highest BCUT2D eigenvalue weighted by atomic mass is 16.7. The second-order valence-electron chi connectivity index (χ2n) is 7.62. The highest BCUT2D eigenvalue weighted by molar-refractivity contribution is 6.53. The molecule has 0 radical (unpaired) electrons. The van der Waals surface area contributed by atoms with Crippen LogP contribution in [0.25, 0.3) is 6.08 Å². The molecule has 0 aliphatic carbocycles. The summed E-state index contributed by atoms with van der Waals surface area (Å²) in [5, 5.41) is 9.48. The maximum Gasteiger partial charge on any atom is 0.487 e. The zero-order chi connectivity index (χ0) is 20.0. The van der Waals surface area contributed by atoms with Crippen molar-refractivity contribution in [3.8, 4) is 0 Å². The quantitative estimate of drug-likeness (QED) is 0.710. The molecular weight excluding hydrogens is 345 g/mol. The standard InChI is InChI=1S/C20H28BNO5/c1-14(2)12-22(13-15(3)4)19(23)17-18(20(24)25)27-21(26-17)11-10-16-8-6-5-7-9-16/h5-11,14-15,17-18H,12-13H2,1-4H3,(H,24,25)/b11-10+/t17-,18-/m1/s1. The number of carboxylic acids is 1. The Kier molecular flexibility index (Phi) is 7.62. The van der Waals surface area contributed by atoms with Crippen molar-refractivity contribution in [3.63, 3.8) is 0 Å². The Morgan fingerprint density at radius 1 is 1.07 bits per heavy atom. The molecule has 6 nitrogen and oxygen atoms in total. The van der Waals surface area contributed by atoms with E-state index in [0.717, 1.165) is 5.56 Å². The van der Waals surface area contributed by atoms with Gasteiger partial charge in [-0.15, -0.1) is 0 Å². The first-order chi connectivity index (χ1) is 12.8. The molecule has 2 rings (SSSR count). The molecule has 1 saturated heterocycles. The summed E-state index contributed by atoms with van der Waals surface area (Å²) >= 11 is 0. The van der Waals surface area contributed by atoms with Gasteiger partial charge in [-0.25, -0.2) is 4.79 Å². The van der Waals surface area contributed by atoms with Gasteiger partial charge in [0, 0.05) is 13.1 Å².